The van der Waals surface area contributed by atoms with Gasteiger partial charge in [-0.25, -0.2) is 4.98 Å². The molecule has 2 heterocycles. The number of benzene rings is 1. The lowest BCUT2D eigenvalue weighted by Gasteiger charge is -2.08. The molecule has 2 aromatic heterocycles. The second-order valence-corrected chi connectivity index (χ2v) is 7.74. The van der Waals surface area contributed by atoms with Gasteiger partial charge < -0.3 is 9.47 Å². The molecule has 0 aliphatic carbocycles. The topological polar surface area (TPSA) is 52.8 Å². The zero-order valence-electron chi connectivity index (χ0n) is 14.9. The summed E-state index contributed by atoms with van der Waals surface area (Å²) in [5, 5.41) is 1.95. The van der Waals surface area contributed by atoms with Crippen molar-refractivity contribution in [1.29, 1.82) is 0 Å². The molecule has 3 rings (SSSR count). The van der Waals surface area contributed by atoms with Crippen LogP contribution in [0.2, 0.25) is 0 Å². The van der Waals surface area contributed by atoms with Gasteiger partial charge in [0.15, 0.2) is 4.96 Å². The normalized spacial score (nSPS) is 11.0. The third-order valence-electron chi connectivity index (χ3n) is 3.67. The average molecular weight is 391 g/mol. The molecule has 0 N–H and O–H groups in total. The third-order valence-corrected chi connectivity index (χ3v) is 5.57. The van der Waals surface area contributed by atoms with Crippen LogP contribution in [0.15, 0.2) is 40.5 Å². The molecular weight excluding hydrogens is 368 g/mol. The molecule has 0 fully saturated rings. The second kappa shape index (κ2) is 9.09. The Morgan fingerprint density at radius 3 is 2.54 bits per heavy atom. The summed E-state index contributed by atoms with van der Waals surface area (Å²) >= 11 is 3.21. The number of aromatic nitrogens is 2. The van der Waals surface area contributed by atoms with Gasteiger partial charge in [0.25, 0.3) is 5.56 Å². The van der Waals surface area contributed by atoms with E-state index in [0.29, 0.717) is 12.4 Å². The van der Waals surface area contributed by atoms with Crippen molar-refractivity contribution < 1.29 is 9.47 Å². The standard InChI is InChI=1S/C19H22N2O3S2/c1-3-8-23-16-4-6-17(7-5-16)24-9-10-25-13-15-11-18(22)21-14(2)12-26-19(21)20-15/h4-7,11-12H,3,8-10,13H2,1-2H3. The molecule has 0 saturated carbocycles. The lowest BCUT2D eigenvalue weighted by atomic mass is 10.3. The van der Waals surface area contributed by atoms with E-state index in [-0.39, 0.29) is 5.56 Å². The minimum atomic E-state index is -0.00835. The lowest BCUT2D eigenvalue weighted by molar-refractivity contribution is 0.314. The molecule has 0 aliphatic rings. The van der Waals surface area contributed by atoms with E-state index in [1.807, 2.05) is 36.6 Å². The van der Waals surface area contributed by atoms with E-state index >= 15 is 0 Å². The number of rotatable bonds is 9. The predicted octanol–water partition coefficient (Wildman–Crippen LogP) is 4.17. The summed E-state index contributed by atoms with van der Waals surface area (Å²) in [5.41, 5.74) is 1.74. The Labute approximate surface area is 161 Å². The number of hydrogen-bond acceptors (Lipinski definition) is 6. The first-order valence-electron chi connectivity index (χ1n) is 8.57. The molecule has 138 valence electrons. The maximum atomic E-state index is 12.1. The molecule has 3 aromatic rings. The van der Waals surface area contributed by atoms with Gasteiger partial charge in [0.05, 0.1) is 18.9 Å². The number of thiazole rings is 1. The highest BCUT2D eigenvalue weighted by Gasteiger charge is 2.06. The Morgan fingerprint density at radius 1 is 1.15 bits per heavy atom. The Kier molecular flexibility index (Phi) is 6.57. The fourth-order valence-corrected chi connectivity index (χ4v) is 4.02. The van der Waals surface area contributed by atoms with Gasteiger partial charge in [0.2, 0.25) is 0 Å². The van der Waals surface area contributed by atoms with Gasteiger partial charge in [0, 0.05) is 28.6 Å². The molecule has 7 heteroatoms. The van der Waals surface area contributed by atoms with Crippen LogP contribution in [0, 0.1) is 6.92 Å². The van der Waals surface area contributed by atoms with Gasteiger partial charge in [-0.2, -0.15) is 11.8 Å². The highest BCUT2D eigenvalue weighted by molar-refractivity contribution is 7.98. The van der Waals surface area contributed by atoms with Crippen molar-refractivity contribution in [2.75, 3.05) is 19.0 Å². The van der Waals surface area contributed by atoms with Crippen LogP contribution in [0.1, 0.15) is 24.7 Å². The second-order valence-electron chi connectivity index (χ2n) is 5.80. The van der Waals surface area contributed by atoms with Crippen molar-refractivity contribution in [3.63, 3.8) is 0 Å². The molecule has 0 bridgehead atoms. The highest BCUT2D eigenvalue weighted by Crippen LogP contribution is 2.19. The molecule has 5 nitrogen and oxygen atoms in total. The van der Waals surface area contributed by atoms with Crippen LogP contribution in [0.4, 0.5) is 0 Å². The van der Waals surface area contributed by atoms with Crippen LogP contribution >= 0.6 is 23.1 Å². The van der Waals surface area contributed by atoms with Crippen molar-refractivity contribution in [1.82, 2.24) is 9.38 Å². The average Bonchev–Trinajstić information content (AvgIpc) is 3.02. The molecular formula is C19H22N2O3S2. The summed E-state index contributed by atoms with van der Waals surface area (Å²) in [4.78, 5) is 17.4. The first-order chi connectivity index (χ1) is 12.7. The highest BCUT2D eigenvalue weighted by atomic mass is 32.2. The largest absolute Gasteiger partial charge is 0.494 e. The molecule has 26 heavy (non-hydrogen) atoms. The number of thioether (sulfide) groups is 1. The predicted molar refractivity (Wildman–Crippen MR) is 108 cm³/mol. The number of ether oxygens (including phenoxy) is 2. The number of aryl methyl sites for hydroxylation is 1. The van der Waals surface area contributed by atoms with E-state index in [9.17, 15) is 4.79 Å². The van der Waals surface area contributed by atoms with Crippen molar-refractivity contribution in [2.24, 2.45) is 0 Å². The van der Waals surface area contributed by atoms with Crippen molar-refractivity contribution >= 4 is 28.1 Å². The summed E-state index contributed by atoms with van der Waals surface area (Å²) in [5.74, 6) is 3.24. The van der Waals surface area contributed by atoms with Gasteiger partial charge in [-0.3, -0.25) is 9.20 Å². The van der Waals surface area contributed by atoms with Gasteiger partial charge in [-0.15, -0.1) is 11.3 Å². The van der Waals surface area contributed by atoms with Crippen LogP contribution in [0.3, 0.4) is 0 Å². The van der Waals surface area contributed by atoms with Crippen molar-refractivity contribution in [3.05, 3.63) is 57.5 Å². The van der Waals surface area contributed by atoms with Crippen LogP contribution in [0.25, 0.3) is 4.96 Å². The summed E-state index contributed by atoms with van der Waals surface area (Å²) in [7, 11) is 0. The van der Waals surface area contributed by atoms with Gasteiger partial charge in [-0.1, -0.05) is 6.92 Å². The smallest absolute Gasteiger partial charge is 0.258 e. The zero-order valence-corrected chi connectivity index (χ0v) is 16.6. The van der Waals surface area contributed by atoms with Gasteiger partial charge in [0.1, 0.15) is 11.5 Å². The SMILES string of the molecule is CCCOc1ccc(OCCSCc2cc(=O)n3c(C)csc3n2)cc1. The molecule has 0 unspecified atom stereocenters. The van der Waals surface area contributed by atoms with Gasteiger partial charge >= 0.3 is 0 Å². The molecule has 0 amide bonds. The minimum absolute atomic E-state index is 0.00835. The number of fused-ring (bicyclic) bond motifs is 1. The van der Waals surface area contributed by atoms with Crippen molar-refractivity contribution in [3.8, 4) is 11.5 Å². The molecule has 0 radical (unpaired) electrons. The first kappa shape index (κ1) is 18.8. The summed E-state index contributed by atoms with van der Waals surface area (Å²) in [6, 6.07) is 9.31. The Balaban J connectivity index is 1.43. The molecule has 1 aromatic carbocycles. The van der Waals surface area contributed by atoms with Crippen LogP contribution in [0.5, 0.6) is 11.5 Å². The lowest BCUT2D eigenvalue weighted by Crippen LogP contribution is -2.14. The Bertz CT molecular complexity index is 903. The Morgan fingerprint density at radius 2 is 1.85 bits per heavy atom. The number of hydrogen-bond donors (Lipinski definition) is 0. The van der Waals surface area contributed by atoms with E-state index in [4.69, 9.17) is 9.47 Å². The first-order valence-corrected chi connectivity index (χ1v) is 10.6. The van der Waals surface area contributed by atoms with Crippen LogP contribution in [-0.2, 0) is 5.75 Å². The monoisotopic (exact) mass is 390 g/mol. The number of nitrogens with zero attached hydrogens (tertiary/aromatic N) is 2. The quantitative estimate of drug-likeness (QED) is 0.514. The molecule has 0 spiro atoms. The molecule has 0 atom stereocenters. The van der Waals surface area contributed by atoms with E-state index in [2.05, 4.69) is 11.9 Å². The summed E-state index contributed by atoms with van der Waals surface area (Å²) in [6.07, 6.45) is 0.996. The maximum absolute atomic E-state index is 12.1. The van der Waals surface area contributed by atoms with Crippen LogP contribution < -0.4 is 15.0 Å². The fraction of sp³-hybridized carbons (Fsp3) is 0.368. The van der Waals surface area contributed by atoms with Gasteiger partial charge in [-0.05, 0) is 37.6 Å². The zero-order chi connectivity index (χ0) is 18.4. The van der Waals surface area contributed by atoms with E-state index in [1.165, 1.54) is 11.3 Å². The third kappa shape index (κ3) is 4.80. The molecule has 0 aliphatic heterocycles. The maximum Gasteiger partial charge on any atom is 0.258 e. The van der Waals surface area contributed by atoms with Crippen LogP contribution in [-0.4, -0.2) is 28.4 Å². The van der Waals surface area contributed by atoms with E-state index < -0.39 is 0 Å². The Hall–Kier alpha value is -1.99. The summed E-state index contributed by atoms with van der Waals surface area (Å²) in [6.45, 7) is 5.34. The van der Waals surface area contributed by atoms with E-state index in [0.717, 1.165) is 46.6 Å². The van der Waals surface area contributed by atoms with E-state index in [1.54, 1.807) is 22.2 Å². The fourth-order valence-electron chi connectivity index (χ4n) is 2.42. The minimum Gasteiger partial charge on any atom is -0.494 e. The van der Waals surface area contributed by atoms with Crippen molar-refractivity contribution in [2.45, 2.75) is 26.0 Å². The molecule has 0 saturated heterocycles. The summed E-state index contributed by atoms with van der Waals surface area (Å²) < 4.78 is 12.9.